The second-order valence-corrected chi connectivity index (χ2v) is 8.28. The van der Waals surface area contributed by atoms with Gasteiger partial charge in [-0.2, -0.15) is 0 Å². The van der Waals surface area contributed by atoms with Crippen LogP contribution in [0.1, 0.15) is 12.0 Å². The Labute approximate surface area is 190 Å². The van der Waals surface area contributed by atoms with Gasteiger partial charge in [-0.1, -0.05) is 35.3 Å². The minimum absolute atomic E-state index is 0.114. The molecule has 0 aliphatic carbocycles. The zero-order valence-electron chi connectivity index (χ0n) is 16.8. The molecule has 0 radical (unpaired) electrons. The van der Waals surface area contributed by atoms with E-state index in [2.05, 4.69) is 5.32 Å². The molecule has 1 fully saturated rings. The second kappa shape index (κ2) is 9.00. The number of hydrogen-bond donors (Lipinski definition) is 1. The number of rotatable bonds is 5. The van der Waals surface area contributed by atoms with E-state index in [4.69, 9.17) is 27.9 Å². The van der Waals surface area contributed by atoms with Crippen molar-refractivity contribution in [2.75, 3.05) is 16.8 Å². The van der Waals surface area contributed by atoms with E-state index in [1.807, 2.05) is 31.2 Å². The van der Waals surface area contributed by atoms with Crippen molar-refractivity contribution < 1.29 is 14.3 Å². The molecule has 1 saturated heterocycles. The fourth-order valence-corrected chi connectivity index (χ4v) is 3.86. The molecule has 7 heteroatoms. The molecule has 3 aromatic rings. The largest absolute Gasteiger partial charge is 0.457 e. The number of hydrogen-bond acceptors (Lipinski definition) is 3. The maximum atomic E-state index is 12.7. The van der Waals surface area contributed by atoms with Gasteiger partial charge in [0.05, 0.1) is 16.6 Å². The topological polar surface area (TPSA) is 58.6 Å². The number of nitrogens with zero attached hydrogens (tertiary/aromatic N) is 1. The summed E-state index contributed by atoms with van der Waals surface area (Å²) >= 11 is 12.2. The Balaban J connectivity index is 1.39. The third-order valence-corrected chi connectivity index (χ3v) is 5.60. The van der Waals surface area contributed by atoms with Crippen molar-refractivity contribution >= 4 is 46.4 Å². The van der Waals surface area contributed by atoms with Crippen molar-refractivity contribution in [1.82, 2.24) is 0 Å². The Hall–Kier alpha value is -3.02. The van der Waals surface area contributed by atoms with Gasteiger partial charge in [0.2, 0.25) is 11.8 Å². The molecular weight excluding hydrogens is 435 g/mol. The predicted molar refractivity (Wildman–Crippen MR) is 123 cm³/mol. The van der Waals surface area contributed by atoms with Crippen LogP contribution in [0.15, 0.2) is 66.7 Å². The molecular formula is C24H20Cl2N2O3. The standard InChI is InChI=1S/C24H20Cl2N2O3/c1-15-3-2-4-20(11-15)31-19-8-6-18(7-9-19)27-24(30)16-12-23(29)28(14-16)22-13-17(25)5-10-21(22)26/h2-11,13,16H,12,14H2,1H3,(H,27,30)/t16-/m0/s1. The maximum absolute atomic E-state index is 12.7. The van der Waals surface area contributed by atoms with Crippen LogP contribution in [0, 0.1) is 12.8 Å². The highest BCUT2D eigenvalue weighted by Crippen LogP contribution is 2.34. The molecule has 31 heavy (non-hydrogen) atoms. The molecule has 1 atom stereocenters. The van der Waals surface area contributed by atoms with E-state index in [1.165, 1.54) is 4.90 Å². The van der Waals surface area contributed by atoms with Crippen LogP contribution in [0.4, 0.5) is 11.4 Å². The lowest BCUT2D eigenvalue weighted by Gasteiger charge is -2.18. The number of ether oxygens (including phenoxy) is 1. The van der Waals surface area contributed by atoms with Crippen LogP contribution in [0.3, 0.4) is 0 Å². The number of nitrogens with one attached hydrogen (secondary N) is 1. The van der Waals surface area contributed by atoms with E-state index < -0.39 is 5.92 Å². The molecule has 1 heterocycles. The molecule has 5 nitrogen and oxygen atoms in total. The van der Waals surface area contributed by atoms with E-state index in [1.54, 1.807) is 42.5 Å². The second-order valence-electron chi connectivity index (χ2n) is 7.43. The van der Waals surface area contributed by atoms with Gasteiger partial charge >= 0.3 is 0 Å². The number of benzene rings is 3. The molecule has 0 spiro atoms. The highest BCUT2D eigenvalue weighted by atomic mass is 35.5. The maximum Gasteiger partial charge on any atom is 0.229 e. The number of carbonyl (C=O) groups is 2. The zero-order chi connectivity index (χ0) is 22.0. The first-order valence-corrected chi connectivity index (χ1v) is 10.6. The summed E-state index contributed by atoms with van der Waals surface area (Å²) in [6, 6.07) is 19.8. The predicted octanol–water partition coefficient (Wildman–Crippen LogP) is 6.09. The fraction of sp³-hybridized carbons (Fsp3) is 0.167. The summed E-state index contributed by atoms with van der Waals surface area (Å²) in [5.74, 6) is 0.556. The normalized spacial score (nSPS) is 15.8. The highest BCUT2D eigenvalue weighted by Gasteiger charge is 2.36. The van der Waals surface area contributed by atoms with Crippen molar-refractivity contribution in [2.24, 2.45) is 5.92 Å². The van der Waals surface area contributed by atoms with Gasteiger partial charge in [0.15, 0.2) is 0 Å². The van der Waals surface area contributed by atoms with Crippen molar-refractivity contribution in [2.45, 2.75) is 13.3 Å². The summed E-state index contributed by atoms with van der Waals surface area (Å²) in [4.78, 5) is 26.7. The molecule has 4 rings (SSSR count). The Morgan fingerprint density at radius 3 is 2.55 bits per heavy atom. The summed E-state index contributed by atoms with van der Waals surface area (Å²) in [5, 5.41) is 3.77. The Kier molecular flexibility index (Phi) is 6.16. The van der Waals surface area contributed by atoms with Crippen LogP contribution in [0.5, 0.6) is 11.5 Å². The molecule has 0 bridgehead atoms. The zero-order valence-corrected chi connectivity index (χ0v) is 18.3. The minimum Gasteiger partial charge on any atom is -0.457 e. The third-order valence-electron chi connectivity index (χ3n) is 5.04. The molecule has 1 aliphatic heterocycles. The Morgan fingerprint density at radius 2 is 1.81 bits per heavy atom. The van der Waals surface area contributed by atoms with Gasteiger partial charge < -0.3 is 15.0 Å². The molecule has 1 N–H and O–H groups in total. The van der Waals surface area contributed by atoms with Gasteiger partial charge in [0, 0.05) is 23.7 Å². The summed E-state index contributed by atoms with van der Waals surface area (Å²) in [6.45, 7) is 2.25. The highest BCUT2D eigenvalue weighted by molar-refractivity contribution is 6.36. The molecule has 0 unspecified atom stereocenters. The quantitative estimate of drug-likeness (QED) is 0.507. The van der Waals surface area contributed by atoms with Crippen molar-refractivity contribution in [1.29, 1.82) is 0 Å². The van der Waals surface area contributed by atoms with Gasteiger partial charge in [-0.3, -0.25) is 9.59 Å². The van der Waals surface area contributed by atoms with Crippen LogP contribution in [0.2, 0.25) is 10.0 Å². The molecule has 158 valence electrons. The SMILES string of the molecule is Cc1cccc(Oc2ccc(NC(=O)[C@H]3CC(=O)N(c4cc(Cl)ccc4Cl)C3)cc2)c1. The first-order chi connectivity index (χ1) is 14.9. The van der Waals surface area contributed by atoms with Crippen LogP contribution in [-0.2, 0) is 9.59 Å². The van der Waals surface area contributed by atoms with Crippen molar-refractivity contribution in [3.63, 3.8) is 0 Å². The van der Waals surface area contributed by atoms with Crippen LogP contribution >= 0.6 is 23.2 Å². The number of carbonyl (C=O) groups excluding carboxylic acids is 2. The summed E-state index contributed by atoms with van der Waals surface area (Å²) in [5.41, 5.74) is 2.26. The van der Waals surface area contributed by atoms with Gasteiger partial charge in [0.25, 0.3) is 0 Å². The van der Waals surface area contributed by atoms with Crippen LogP contribution < -0.4 is 15.0 Å². The summed E-state index contributed by atoms with van der Waals surface area (Å²) in [6.07, 6.45) is 0.114. The summed E-state index contributed by atoms with van der Waals surface area (Å²) in [7, 11) is 0. The molecule has 3 aromatic carbocycles. The lowest BCUT2D eigenvalue weighted by Crippen LogP contribution is -2.28. The van der Waals surface area contributed by atoms with Gasteiger partial charge in [-0.15, -0.1) is 0 Å². The van der Waals surface area contributed by atoms with E-state index in [0.29, 0.717) is 27.2 Å². The van der Waals surface area contributed by atoms with Crippen LogP contribution in [-0.4, -0.2) is 18.4 Å². The first-order valence-electron chi connectivity index (χ1n) is 9.80. The molecule has 0 aromatic heterocycles. The molecule has 0 saturated carbocycles. The number of aryl methyl sites for hydroxylation is 1. The average Bonchev–Trinajstić information content (AvgIpc) is 3.13. The minimum atomic E-state index is -0.481. The van der Waals surface area contributed by atoms with E-state index in [0.717, 1.165) is 11.3 Å². The fourth-order valence-electron chi connectivity index (χ4n) is 3.47. The monoisotopic (exact) mass is 454 g/mol. The van der Waals surface area contributed by atoms with Crippen LogP contribution in [0.25, 0.3) is 0 Å². The lowest BCUT2D eigenvalue weighted by atomic mass is 10.1. The lowest BCUT2D eigenvalue weighted by molar-refractivity contribution is -0.122. The number of amides is 2. The Bertz CT molecular complexity index is 1130. The van der Waals surface area contributed by atoms with Crippen molar-refractivity contribution in [3.05, 3.63) is 82.3 Å². The van der Waals surface area contributed by atoms with E-state index >= 15 is 0 Å². The van der Waals surface area contributed by atoms with Crippen molar-refractivity contribution in [3.8, 4) is 11.5 Å². The van der Waals surface area contributed by atoms with Gasteiger partial charge in [-0.05, 0) is 67.1 Å². The smallest absolute Gasteiger partial charge is 0.229 e. The Morgan fingerprint density at radius 1 is 1.03 bits per heavy atom. The number of halogens is 2. The molecule has 1 aliphatic rings. The summed E-state index contributed by atoms with van der Waals surface area (Å²) < 4.78 is 5.83. The van der Waals surface area contributed by atoms with Gasteiger partial charge in [-0.25, -0.2) is 0 Å². The number of anilines is 2. The van der Waals surface area contributed by atoms with Gasteiger partial charge in [0.1, 0.15) is 11.5 Å². The first kappa shape index (κ1) is 21.2. The van der Waals surface area contributed by atoms with E-state index in [9.17, 15) is 9.59 Å². The third kappa shape index (κ3) is 5.01. The molecule has 2 amide bonds. The average molecular weight is 455 g/mol. The van der Waals surface area contributed by atoms with E-state index in [-0.39, 0.29) is 24.8 Å².